The molecular formula is C94H131N9O28S. The largest absolute Gasteiger partial charge is 0.508 e. The van der Waals surface area contributed by atoms with Crippen LogP contribution in [0.25, 0.3) is 0 Å². The normalized spacial score (nSPS) is 17.0. The zero-order valence-corrected chi connectivity index (χ0v) is 76.7. The number of phenols is 2. The third-order valence-electron chi connectivity index (χ3n) is 23.6. The van der Waals surface area contributed by atoms with Crippen LogP contribution in [0.1, 0.15) is 187 Å². The Morgan fingerprint density at radius 3 is 1.46 bits per heavy atom. The number of carboxylic acids is 3. The minimum absolute atomic E-state index is 0.0239. The number of amides is 8. The van der Waals surface area contributed by atoms with E-state index in [9.17, 15) is 137 Å². The number of nitrogens with zero attached hydrogens (tertiary/aromatic N) is 1. The summed E-state index contributed by atoms with van der Waals surface area (Å²) in [6.45, 7) is 8.60. The van der Waals surface area contributed by atoms with Crippen molar-refractivity contribution in [3.63, 3.8) is 0 Å². The molecule has 0 spiro atoms. The van der Waals surface area contributed by atoms with E-state index in [0.717, 1.165) is 25.1 Å². The van der Waals surface area contributed by atoms with Gasteiger partial charge < -0.3 is 93.8 Å². The molecule has 3 aromatic carbocycles. The lowest BCUT2D eigenvalue weighted by Gasteiger charge is -2.28. The number of likely N-dealkylation sites (tertiary alicyclic amines) is 1. The fourth-order valence-corrected chi connectivity index (χ4v) is 16.6. The summed E-state index contributed by atoms with van der Waals surface area (Å²) in [5, 5.41) is 111. The maximum atomic E-state index is 14.9. The molecule has 37 nitrogen and oxygen atoms in total. The topological polar surface area (TPSA) is 620 Å². The molecule has 1 heterocycles. The molecule has 0 saturated carbocycles. The highest BCUT2D eigenvalue weighted by Crippen LogP contribution is 2.34. The average molecular weight is 1870 g/mol. The number of unbranched alkanes of at least 4 members (excludes halogenated alkanes) is 1. The van der Waals surface area contributed by atoms with Gasteiger partial charge in [0.15, 0.2) is 34.7 Å². The molecule has 18 N–H and O–H groups in total. The molecule has 38 heteroatoms. The SMILES string of the molecule is CC[C@H](C)[C@H](NC(=O)[C@H](CO)CC(=O)[C@H](Cc1ccc(O)cc1)NC(=O)[C@H](CC(=O)O)CC(=O)[C@H](CO)NC(=O)[C@@H](CC(=O)[C@H](Cc1ccccc1)NC(=O)[C@@H](CC(=O)CNC(=O)[C@H](CCC(=O)O)CC(=O)CSCC(=O)CCCN1C(=O)[C@H]2C=C[C@@H]1C2)[C@@H](C)O)[C@@H](C)O)C(=O)C[C@@H](Cc1ccc(O)cc1)C(=O)N[C@@H](CC(C)C)C(=O)C[C@@H](CC(=O)O)C(=O)N[C@H](C)CCCCN. The summed E-state index contributed by atoms with van der Waals surface area (Å²) in [5.74, 6) is -29.8. The number of aromatic hydroxyl groups is 2. The molecule has 1 fully saturated rings. The first-order valence-electron chi connectivity index (χ1n) is 44.8. The van der Waals surface area contributed by atoms with Crippen LogP contribution in [0.2, 0.25) is 0 Å². The van der Waals surface area contributed by atoms with Gasteiger partial charge in [0.25, 0.3) is 0 Å². The number of hydrogen-bond donors (Lipinski definition) is 17. The lowest BCUT2D eigenvalue weighted by Crippen LogP contribution is -2.52. The Morgan fingerprint density at radius 1 is 0.455 bits per heavy atom. The van der Waals surface area contributed by atoms with Gasteiger partial charge in [-0.05, 0) is 138 Å². The highest BCUT2D eigenvalue weighted by Gasteiger charge is 2.43. The Balaban J connectivity index is 1.28. The predicted octanol–water partition coefficient (Wildman–Crippen LogP) is 2.85. The first-order valence-corrected chi connectivity index (χ1v) is 46.0. The number of benzene rings is 3. The first kappa shape index (κ1) is 111. The second-order valence-corrected chi connectivity index (χ2v) is 36.0. The number of thioether (sulfide) groups is 1. The van der Waals surface area contributed by atoms with Gasteiger partial charge in [-0.25, -0.2) is 0 Å². The van der Waals surface area contributed by atoms with Gasteiger partial charge in [-0.1, -0.05) is 107 Å². The zero-order chi connectivity index (χ0) is 98.2. The maximum Gasteiger partial charge on any atom is 0.304 e. The number of aliphatic hydroxyl groups excluding tert-OH is 4. The van der Waals surface area contributed by atoms with Crippen LogP contribution in [0.15, 0.2) is 91.0 Å². The van der Waals surface area contributed by atoms with Gasteiger partial charge >= 0.3 is 17.9 Å². The summed E-state index contributed by atoms with van der Waals surface area (Å²) in [4.78, 5) is 262. The van der Waals surface area contributed by atoms with Crippen LogP contribution in [-0.2, 0) is 110 Å². The number of ketones is 8. The third kappa shape index (κ3) is 38.5. The number of aliphatic carboxylic acids is 3. The number of rotatable bonds is 67. The Hall–Kier alpha value is -11.3. The summed E-state index contributed by atoms with van der Waals surface area (Å²) in [6, 6.07) is 10.5. The van der Waals surface area contributed by atoms with E-state index in [1.807, 2.05) is 12.2 Å². The quantitative estimate of drug-likeness (QED) is 0.0285. The van der Waals surface area contributed by atoms with E-state index in [4.69, 9.17) is 5.73 Å². The fourth-order valence-electron chi connectivity index (χ4n) is 15.7. The zero-order valence-electron chi connectivity index (χ0n) is 75.9. The molecule has 132 heavy (non-hydrogen) atoms. The first-order chi connectivity index (χ1) is 62.4. The van der Waals surface area contributed by atoms with Crippen LogP contribution in [0.3, 0.4) is 0 Å². The van der Waals surface area contributed by atoms with Gasteiger partial charge in [0.05, 0.1) is 122 Å². The molecular weight excluding hydrogens is 1740 g/mol. The number of carbonyl (C=O) groups excluding carboxylic acids is 16. The molecule has 2 aliphatic rings. The van der Waals surface area contributed by atoms with E-state index < -0.39 is 280 Å². The molecule has 2 bridgehead atoms. The number of carbonyl (C=O) groups is 19. The number of aliphatic hydroxyl groups is 4. The molecule has 0 aromatic heterocycles. The van der Waals surface area contributed by atoms with E-state index in [2.05, 4.69) is 37.2 Å². The van der Waals surface area contributed by atoms with Crippen LogP contribution in [0.4, 0.5) is 0 Å². The Kier molecular flexibility index (Phi) is 47.6. The molecule has 18 atom stereocenters. The van der Waals surface area contributed by atoms with Crippen LogP contribution in [0.5, 0.6) is 11.5 Å². The molecule has 5 rings (SSSR count). The summed E-state index contributed by atoms with van der Waals surface area (Å²) in [5.41, 5.74) is 6.78. The summed E-state index contributed by atoms with van der Waals surface area (Å²) >= 11 is 1.01. The molecule has 0 unspecified atom stereocenters. The van der Waals surface area contributed by atoms with Crippen molar-refractivity contribution in [2.75, 3.05) is 44.4 Å². The summed E-state index contributed by atoms with van der Waals surface area (Å²) in [6.07, 6.45) is -4.89. The fraction of sp³-hybridized carbons (Fsp3) is 0.585. The number of carboxylic acid groups (broad SMARTS) is 3. The number of fused-ring (bicyclic) bond motifs is 2. The van der Waals surface area contributed by atoms with Crippen LogP contribution in [-0.4, -0.2) is 261 Å². The van der Waals surface area contributed by atoms with Crippen LogP contribution >= 0.6 is 11.8 Å². The minimum Gasteiger partial charge on any atom is -0.508 e. The monoisotopic (exact) mass is 1870 g/mol. The second-order valence-electron chi connectivity index (χ2n) is 35.1. The molecule has 8 amide bonds. The van der Waals surface area contributed by atoms with Gasteiger partial charge in [-0.3, -0.25) is 91.1 Å². The van der Waals surface area contributed by atoms with Crippen molar-refractivity contribution in [1.29, 1.82) is 0 Å². The lowest BCUT2D eigenvalue weighted by molar-refractivity contribution is -0.143. The van der Waals surface area contributed by atoms with Crippen molar-refractivity contribution in [2.24, 2.45) is 64.9 Å². The molecule has 726 valence electrons. The van der Waals surface area contributed by atoms with Gasteiger partial charge in [-0.2, -0.15) is 0 Å². The van der Waals surface area contributed by atoms with Crippen molar-refractivity contribution < 1.29 is 137 Å². The Labute approximate surface area is 771 Å². The van der Waals surface area contributed by atoms with E-state index in [1.54, 1.807) is 69.9 Å². The Morgan fingerprint density at radius 2 is 0.939 bits per heavy atom. The second kappa shape index (κ2) is 56.5. The van der Waals surface area contributed by atoms with Gasteiger partial charge in [-0.15, -0.1) is 11.8 Å². The maximum absolute atomic E-state index is 14.9. The number of phenolic OH excluding ortho intramolecular Hbond substituents is 2. The van der Waals surface area contributed by atoms with Crippen molar-refractivity contribution in [3.05, 3.63) is 108 Å². The number of hydrogen-bond acceptors (Lipinski definition) is 27. The van der Waals surface area contributed by atoms with E-state index >= 15 is 0 Å². The van der Waals surface area contributed by atoms with Crippen molar-refractivity contribution in [2.45, 2.75) is 244 Å². The smallest absolute Gasteiger partial charge is 0.304 e. The number of Topliss-reactive ketones (excluding diaryl/α,β-unsaturated/α-hetero) is 8. The average Bonchev–Trinajstić information content (AvgIpc) is 1.68. The number of nitrogens with one attached hydrogen (secondary N) is 7. The van der Waals surface area contributed by atoms with Gasteiger partial charge in [0, 0.05) is 82.2 Å². The van der Waals surface area contributed by atoms with E-state index in [1.165, 1.54) is 55.5 Å². The van der Waals surface area contributed by atoms with Crippen molar-refractivity contribution in [3.8, 4) is 11.5 Å². The predicted molar refractivity (Wildman–Crippen MR) is 481 cm³/mol. The third-order valence-corrected chi connectivity index (χ3v) is 24.7. The van der Waals surface area contributed by atoms with Crippen LogP contribution in [0, 0.1) is 59.2 Å². The molecule has 1 saturated heterocycles. The summed E-state index contributed by atoms with van der Waals surface area (Å²) in [7, 11) is 0. The summed E-state index contributed by atoms with van der Waals surface area (Å²) < 4.78 is 0. The van der Waals surface area contributed by atoms with Gasteiger partial charge in [0.2, 0.25) is 47.3 Å². The Bertz CT molecular complexity index is 4490. The molecule has 1 aliphatic heterocycles. The number of nitrogens with two attached hydrogens (primary N) is 1. The lowest BCUT2D eigenvalue weighted by atomic mass is 9.85. The van der Waals surface area contributed by atoms with E-state index in [-0.39, 0.29) is 103 Å². The molecule has 3 aromatic rings. The highest BCUT2D eigenvalue weighted by molar-refractivity contribution is 8.00. The molecule has 1 aliphatic carbocycles. The minimum atomic E-state index is -1.99. The highest BCUT2D eigenvalue weighted by atomic mass is 32.2. The van der Waals surface area contributed by atoms with Crippen molar-refractivity contribution >= 4 is 123 Å². The molecule has 0 radical (unpaired) electrons. The van der Waals surface area contributed by atoms with E-state index in [0.29, 0.717) is 49.9 Å². The standard InChI is InChI=1S/C94H131N9O28S/c1-8-53(4)86(82(117)41-62(34-58-19-26-67(108)27-20-58)89(126)98-74(33-52(2)3)78(113)39-63(43-84(120)121)88(125)97-54(5)15-12-13-31-95)102-91(128)65(48-104)42-79(114)75(36-59-21-28-68(109)29-22-59)99-90(127)64(44-85(122)123)40-80(115)77(49-105)101-93(130)73(56(7)107)46-81(116)76(35-57-16-10-9-11-17-57)100-92(129)72(55(6)106)45-70(111)47-96-87(124)60(24-30-83(118)119)38-71(112)51-132-50-69(110)18-14-32-103-66-25-23-61(37-66)94(103)131/h9-11,16-17,19-23,25-29,52-56,60-66,72-77,86,104-109H,8,12-15,18,24,30-51,95H2,1-7H3,(H,96,124)(H,97,125)(H,98,126)(H,99,127)(H,100,129)(H,101,130)(H,102,128)(H,118,119)(H,120,121)(H,122,123)/t53-,54+,55+,56+,60+,61-,62+,63-,64-,65-,66+,72-,73-,74-,75-,76-,77-,86-/m0/s1. The van der Waals surface area contributed by atoms with Crippen molar-refractivity contribution in [1.82, 2.24) is 42.1 Å². The van der Waals surface area contributed by atoms with Gasteiger partial charge in [0.1, 0.15) is 29.1 Å². The van der Waals surface area contributed by atoms with Crippen LogP contribution < -0.4 is 43.0 Å².